The standard InChI is InChI=1S/C23H33N3O2/c1-15(2)13-26-18(6)11-20(19(26)7)12-24-25-23(27)14-28-22-10-17(5)8-9-21(22)16(3)4/h8-12,15-16H,13-14H2,1-7H3,(H,25,27)/b24-12-. The highest BCUT2D eigenvalue weighted by Crippen LogP contribution is 2.27. The number of nitrogens with one attached hydrogen (secondary N) is 1. The van der Waals surface area contributed by atoms with Gasteiger partial charge in [0.15, 0.2) is 6.61 Å². The first kappa shape index (κ1) is 21.7. The Morgan fingerprint density at radius 2 is 1.89 bits per heavy atom. The van der Waals surface area contributed by atoms with E-state index in [1.165, 1.54) is 5.69 Å². The van der Waals surface area contributed by atoms with E-state index in [2.05, 4.69) is 74.8 Å². The van der Waals surface area contributed by atoms with Crippen molar-refractivity contribution in [3.8, 4) is 5.75 Å². The Labute approximate surface area is 168 Å². The van der Waals surface area contributed by atoms with E-state index in [0.717, 1.165) is 34.7 Å². The molecule has 0 aliphatic heterocycles. The summed E-state index contributed by atoms with van der Waals surface area (Å²) in [6.45, 7) is 15.7. The molecule has 1 aromatic heterocycles. The summed E-state index contributed by atoms with van der Waals surface area (Å²) in [5.41, 5.74) is 8.13. The molecule has 0 atom stereocenters. The number of benzene rings is 1. The molecule has 0 saturated heterocycles. The lowest BCUT2D eigenvalue weighted by molar-refractivity contribution is -0.123. The molecule has 0 fully saturated rings. The zero-order chi connectivity index (χ0) is 20.8. The Kier molecular flexibility index (Phi) is 7.44. The third-order valence-corrected chi connectivity index (χ3v) is 4.70. The molecule has 2 rings (SSSR count). The van der Waals surface area contributed by atoms with Crippen molar-refractivity contribution >= 4 is 12.1 Å². The third kappa shape index (κ3) is 5.72. The number of nitrogens with zero attached hydrogens (tertiary/aromatic N) is 2. The Morgan fingerprint density at radius 1 is 1.18 bits per heavy atom. The van der Waals surface area contributed by atoms with Crippen LogP contribution in [0.25, 0.3) is 0 Å². The Hall–Kier alpha value is -2.56. The third-order valence-electron chi connectivity index (χ3n) is 4.70. The maximum Gasteiger partial charge on any atom is 0.277 e. The zero-order valence-electron chi connectivity index (χ0n) is 18.2. The SMILES string of the molecule is Cc1ccc(C(C)C)c(OCC(=O)N/N=C\c2cc(C)n(CC(C)C)c2C)c1. The number of carbonyl (C=O) groups is 1. The van der Waals surface area contributed by atoms with Crippen LogP contribution in [0.5, 0.6) is 5.75 Å². The summed E-state index contributed by atoms with van der Waals surface area (Å²) in [5, 5.41) is 4.11. The molecule has 0 unspecified atom stereocenters. The van der Waals surface area contributed by atoms with E-state index >= 15 is 0 Å². The van der Waals surface area contributed by atoms with Gasteiger partial charge in [0.25, 0.3) is 5.91 Å². The highest BCUT2D eigenvalue weighted by atomic mass is 16.5. The van der Waals surface area contributed by atoms with Crippen molar-refractivity contribution in [1.29, 1.82) is 0 Å². The Balaban J connectivity index is 1.96. The summed E-state index contributed by atoms with van der Waals surface area (Å²) < 4.78 is 8.02. The summed E-state index contributed by atoms with van der Waals surface area (Å²) in [5.74, 6) is 1.39. The van der Waals surface area contributed by atoms with Crippen LogP contribution in [0.4, 0.5) is 0 Å². The van der Waals surface area contributed by atoms with E-state index in [1.807, 2.05) is 13.0 Å². The quantitative estimate of drug-likeness (QED) is 0.530. The number of hydrazone groups is 1. The molecule has 152 valence electrons. The lowest BCUT2D eigenvalue weighted by atomic mass is 10.0. The molecule has 1 aromatic carbocycles. The van der Waals surface area contributed by atoms with Gasteiger partial charge in [0.1, 0.15) is 5.75 Å². The zero-order valence-corrected chi connectivity index (χ0v) is 18.2. The monoisotopic (exact) mass is 383 g/mol. The summed E-state index contributed by atoms with van der Waals surface area (Å²) >= 11 is 0. The molecule has 5 heteroatoms. The topological polar surface area (TPSA) is 55.6 Å². The molecule has 0 radical (unpaired) electrons. The van der Waals surface area contributed by atoms with Gasteiger partial charge in [0, 0.05) is 23.5 Å². The molecule has 2 aromatic rings. The van der Waals surface area contributed by atoms with Gasteiger partial charge >= 0.3 is 0 Å². The molecule has 0 saturated carbocycles. The average molecular weight is 384 g/mol. The molecule has 5 nitrogen and oxygen atoms in total. The fraction of sp³-hybridized carbons (Fsp3) is 0.478. The second kappa shape index (κ2) is 9.58. The highest BCUT2D eigenvalue weighted by molar-refractivity contribution is 5.84. The first-order chi connectivity index (χ1) is 13.2. The van der Waals surface area contributed by atoms with Crippen LogP contribution >= 0.6 is 0 Å². The normalized spacial score (nSPS) is 11.6. The predicted molar refractivity (Wildman–Crippen MR) is 115 cm³/mol. The minimum atomic E-state index is -0.275. The van der Waals surface area contributed by atoms with Crippen molar-refractivity contribution in [3.63, 3.8) is 0 Å². The molecule has 0 aliphatic carbocycles. The number of rotatable bonds is 8. The van der Waals surface area contributed by atoms with Crippen LogP contribution in [-0.2, 0) is 11.3 Å². The molecular formula is C23H33N3O2. The Bertz CT molecular complexity index is 848. The van der Waals surface area contributed by atoms with Gasteiger partial charge in [-0.15, -0.1) is 0 Å². The van der Waals surface area contributed by atoms with E-state index in [0.29, 0.717) is 11.8 Å². The summed E-state index contributed by atoms with van der Waals surface area (Å²) in [4.78, 5) is 12.1. The molecule has 0 aliphatic rings. The van der Waals surface area contributed by atoms with Crippen molar-refractivity contribution in [2.45, 2.75) is 60.9 Å². The number of aryl methyl sites for hydroxylation is 2. The van der Waals surface area contributed by atoms with Crippen molar-refractivity contribution < 1.29 is 9.53 Å². The molecular weight excluding hydrogens is 350 g/mol. The van der Waals surface area contributed by atoms with Gasteiger partial charge in [-0.3, -0.25) is 4.79 Å². The first-order valence-corrected chi connectivity index (χ1v) is 9.91. The minimum Gasteiger partial charge on any atom is -0.483 e. The highest BCUT2D eigenvalue weighted by Gasteiger charge is 2.11. The summed E-state index contributed by atoms with van der Waals surface area (Å²) in [6.07, 6.45) is 1.70. The van der Waals surface area contributed by atoms with Crippen molar-refractivity contribution in [3.05, 3.63) is 52.3 Å². The van der Waals surface area contributed by atoms with Crippen LogP contribution in [0.2, 0.25) is 0 Å². The second-order valence-corrected chi connectivity index (χ2v) is 8.11. The fourth-order valence-electron chi connectivity index (χ4n) is 3.20. The number of hydrogen-bond acceptors (Lipinski definition) is 3. The van der Waals surface area contributed by atoms with Gasteiger partial charge < -0.3 is 9.30 Å². The lowest BCUT2D eigenvalue weighted by Gasteiger charge is -2.14. The van der Waals surface area contributed by atoms with Crippen LogP contribution < -0.4 is 10.2 Å². The predicted octanol–water partition coefficient (Wildman–Crippen LogP) is 4.72. The smallest absolute Gasteiger partial charge is 0.277 e. The maximum absolute atomic E-state index is 12.1. The number of aromatic nitrogens is 1. The van der Waals surface area contributed by atoms with Crippen LogP contribution in [0.15, 0.2) is 29.4 Å². The van der Waals surface area contributed by atoms with Gasteiger partial charge in [0.2, 0.25) is 0 Å². The minimum absolute atomic E-state index is 0.0626. The van der Waals surface area contributed by atoms with Crippen LogP contribution in [0, 0.1) is 26.7 Å². The van der Waals surface area contributed by atoms with Gasteiger partial charge in [-0.05, 0) is 55.9 Å². The van der Waals surface area contributed by atoms with E-state index in [-0.39, 0.29) is 12.5 Å². The van der Waals surface area contributed by atoms with Gasteiger partial charge in [-0.1, -0.05) is 39.8 Å². The fourth-order valence-corrected chi connectivity index (χ4v) is 3.20. The van der Waals surface area contributed by atoms with Crippen molar-refractivity contribution in [2.75, 3.05) is 6.61 Å². The molecule has 1 N–H and O–H groups in total. The summed E-state index contributed by atoms with van der Waals surface area (Å²) in [6, 6.07) is 8.17. The summed E-state index contributed by atoms with van der Waals surface area (Å²) in [7, 11) is 0. The van der Waals surface area contributed by atoms with Gasteiger partial charge in [0.05, 0.1) is 6.21 Å². The molecule has 0 bridgehead atoms. The molecule has 1 heterocycles. The number of carbonyl (C=O) groups excluding carboxylic acids is 1. The van der Waals surface area contributed by atoms with Crippen molar-refractivity contribution in [1.82, 2.24) is 9.99 Å². The van der Waals surface area contributed by atoms with E-state index in [1.54, 1.807) is 6.21 Å². The van der Waals surface area contributed by atoms with E-state index < -0.39 is 0 Å². The molecule has 1 amide bonds. The maximum atomic E-state index is 12.1. The first-order valence-electron chi connectivity index (χ1n) is 9.91. The number of amides is 1. The van der Waals surface area contributed by atoms with Crippen molar-refractivity contribution in [2.24, 2.45) is 11.0 Å². The van der Waals surface area contributed by atoms with Crippen LogP contribution in [-0.4, -0.2) is 23.3 Å². The Morgan fingerprint density at radius 3 is 2.54 bits per heavy atom. The lowest BCUT2D eigenvalue weighted by Crippen LogP contribution is -2.25. The van der Waals surface area contributed by atoms with Crippen LogP contribution in [0.3, 0.4) is 0 Å². The number of ether oxygens (including phenoxy) is 1. The largest absolute Gasteiger partial charge is 0.483 e. The van der Waals surface area contributed by atoms with E-state index in [9.17, 15) is 4.79 Å². The average Bonchev–Trinajstić information content (AvgIpc) is 2.87. The molecule has 0 spiro atoms. The molecule has 28 heavy (non-hydrogen) atoms. The number of hydrogen-bond donors (Lipinski definition) is 1. The van der Waals surface area contributed by atoms with Gasteiger partial charge in [-0.25, -0.2) is 5.43 Å². The second-order valence-electron chi connectivity index (χ2n) is 8.11. The van der Waals surface area contributed by atoms with Crippen LogP contribution in [0.1, 0.15) is 61.7 Å². The van der Waals surface area contributed by atoms with E-state index in [4.69, 9.17) is 4.74 Å². The van der Waals surface area contributed by atoms with Gasteiger partial charge in [-0.2, -0.15) is 5.10 Å².